The molecule has 228 valence electrons. The molecule has 3 aromatic rings. The Balaban J connectivity index is 1.10. The third-order valence-corrected chi connectivity index (χ3v) is 9.66. The zero-order valence-corrected chi connectivity index (χ0v) is 25.3. The van der Waals surface area contributed by atoms with E-state index >= 15 is 0 Å². The Kier molecular flexibility index (Phi) is 8.65. The van der Waals surface area contributed by atoms with Crippen LogP contribution in [-0.4, -0.2) is 107 Å². The minimum absolute atomic E-state index is 0.0251. The molecule has 1 aromatic heterocycles. The number of aromatic nitrogens is 2. The number of amides is 4. The van der Waals surface area contributed by atoms with Crippen LogP contribution in [0.2, 0.25) is 0 Å². The average Bonchev–Trinajstić information content (AvgIpc) is 3.42. The van der Waals surface area contributed by atoms with Crippen molar-refractivity contribution in [1.82, 2.24) is 29.8 Å². The molecule has 0 bridgehead atoms. The average molecular weight is 586 g/mol. The Bertz CT molecular complexity index is 1450. The predicted octanol–water partition coefficient (Wildman–Crippen LogP) is 3.75. The molecule has 1 atom stereocenters. The molecule has 2 fully saturated rings. The van der Waals surface area contributed by atoms with Crippen molar-refractivity contribution in [2.24, 2.45) is 5.92 Å². The third kappa shape index (κ3) is 6.54. The normalized spacial score (nSPS) is 19.3. The van der Waals surface area contributed by atoms with Crippen molar-refractivity contribution < 1.29 is 14.4 Å². The van der Waals surface area contributed by atoms with Gasteiger partial charge in [-0.1, -0.05) is 24.3 Å². The topological polar surface area (TPSA) is 105 Å². The van der Waals surface area contributed by atoms with Crippen LogP contribution in [-0.2, 0) is 22.4 Å². The number of piperidine rings is 2. The first-order chi connectivity index (χ1) is 20.9. The van der Waals surface area contributed by atoms with Gasteiger partial charge < -0.3 is 24.9 Å². The molecule has 0 radical (unpaired) electrons. The van der Waals surface area contributed by atoms with E-state index < -0.39 is 5.92 Å². The van der Waals surface area contributed by atoms with Gasteiger partial charge in [-0.05, 0) is 81.9 Å². The van der Waals surface area contributed by atoms with Crippen molar-refractivity contribution in [3.05, 3.63) is 59.8 Å². The van der Waals surface area contributed by atoms with E-state index in [4.69, 9.17) is 0 Å². The van der Waals surface area contributed by atoms with Crippen LogP contribution in [0.15, 0.2) is 48.7 Å². The van der Waals surface area contributed by atoms with Gasteiger partial charge in [-0.25, -0.2) is 4.79 Å². The number of fused-ring (bicyclic) bond motifs is 2. The van der Waals surface area contributed by atoms with Crippen molar-refractivity contribution in [1.29, 1.82) is 0 Å². The van der Waals surface area contributed by atoms with Gasteiger partial charge >= 0.3 is 6.03 Å². The van der Waals surface area contributed by atoms with Crippen molar-refractivity contribution in [3.63, 3.8) is 0 Å². The van der Waals surface area contributed by atoms with Crippen molar-refractivity contribution in [2.75, 3.05) is 52.1 Å². The van der Waals surface area contributed by atoms with E-state index in [-0.39, 0.29) is 30.3 Å². The quantitative estimate of drug-likeness (QED) is 0.440. The Morgan fingerprint density at radius 3 is 2.49 bits per heavy atom. The standard InChI is InChI=1S/C33H43N7O3/c1-37(2)27-10-16-39(17-11-27)32(42)25(19-23-7-8-30-26(20-23)22-34-36-30)21-31(41)38-14-12-28(13-15-38)40-18-9-24-5-3-4-6-29(24)35-33(40)43/h3-8,20,22,25,27-28H,9-19,21H2,1-2H3,(H,34,36)(H,35,43). The van der Waals surface area contributed by atoms with Gasteiger partial charge in [0.15, 0.2) is 0 Å². The molecule has 2 aromatic carbocycles. The molecule has 3 aliphatic heterocycles. The number of anilines is 1. The zero-order valence-electron chi connectivity index (χ0n) is 25.3. The molecule has 43 heavy (non-hydrogen) atoms. The summed E-state index contributed by atoms with van der Waals surface area (Å²) in [6.45, 7) is 3.30. The summed E-state index contributed by atoms with van der Waals surface area (Å²) in [6, 6.07) is 14.6. The predicted molar refractivity (Wildman–Crippen MR) is 167 cm³/mol. The molecule has 0 aliphatic carbocycles. The molecule has 0 saturated carbocycles. The maximum absolute atomic E-state index is 13.9. The highest BCUT2D eigenvalue weighted by Crippen LogP contribution is 2.27. The molecule has 2 N–H and O–H groups in total. The molecular weight excluding hydrogens is 542 g/mol. The number of para-hydroxylation sites is 1. The van der Waals surface area contributed by atoms with Gasteiger partial charge in [0.1, 0.15) is 0 Å². The number of aromatic amines is 1. The Morgan fingerprint density at radius 1 is 0.977 bits per heavy atom. The number of benzene rings is 2. The minimum Gasteiger partial charge on any atom is -0.343 e. The maximum atomic E-state index is 13.9. The second-order valence-corrected chi connectivity index (χ2v) is 12.6. The van der Waals surface area contributed by atoms with Crippen molar-refractivity contribution in [3.8, 4) is 0 Å². The van der Waals surface area contributed by atoms with Crippen molar-refractivity contribution in [2.45, 2.75) is 57.0 Å². The maximum Gasteiger partial charge on any atom is 0.322 e. The summed E-state index contributed by atoms with van der Waals surface area (Å²) in [5.74, 6) is -0.314. The molecule has 3 aliphatic rings. The lowest BCUT2D eigenvalue weighted by Crippen LogP contribution is -2.51. The second-order valence-electron chi connectivity index (χ2n) is 12.6. The Morgan fingerprint density at radius 2 is 1.72 bits per heavy atom. The summed E-state index contributed by atoms with van der Waals surface area (Å²) in [5.41, 5.74) is 4.03. The van der Waals surface area contributed by atoms with Gasteiger partial charge in [-0.2, -0.15) is 5.10 Å². The van der Waals surface area contributed by atoms with E-state index in [9.17, 15) is 14.4 Å². The number of hydrogen-bond acceptors (Lipinski definition) is 5. The molecule has 1 unspecified atom stereocenters. The SMILES string of the molecule is CN(C)C1CCN(C(=O)C(CC(=O)N2CCC(N3CCc4ccccc4NC3=O)CC2)Cc2ccc3[nH]ncc3c2)CC1. The van der Waals surface area contributed by atoms with Gasteiger partial charge in [0.25, 0.3) is 0 Å². The molecule has 2 saturated heterocycles. The second kappa shape index (κ2) is 12.8. The van der Waals surface area contributed by atoms with Gasteiger partial charge in [0.2, 0.25) is 11.8 Å². The fourth-order valence-electron chi connectivity index (χ4n) is 7.02. The third-order valence-electron chi connectivity index (χ3n) is 9.66. The smallest absolute Gasteiger partial charge is 0.322 e. The fourth-order valence-corrected chi connectivity index (χ4v) is 7.02. The molecule has 10 heteroatoms. The Hall–Kier alpha value is -3.92. The number of nitrogens with one attached hydrogen (secondary N) is 2. The Labute approximate surface area is 253 Å². The van der Waals surface area contributed by atoms with Crippen LogP contribution >= 0.6 is 0 Å². The number of hydrogen-bond donors (Lipinski definition) is 2. The van der Waals surface area contributed by atoms with Crippen molar-refractivity contribution >= 4 is 34.4 Å². The van der Waals surface area contributed by atoms with E-state index in [0.717, 1.165) is 72.9 Å². The van der Waals surface area contributed by atoms with Crippen LogP contribution in [0.5, 0.6) is 0 Å². The number of likely N-dealkylation sites (tertiary alicyclic amines) is 2. The molecule has 0 spiro atoms. The molecule has 10 nitrogen and oxygen atoms in total. The summed E-state index contributed by atoms with van der Waals surface area (Å²) < 4.78 is 0. The molecular formula is C33H43N7O3. The van der Waals surface area contributed by atoms with E-state index in [0.29, 0.717) is 32.1 Å². The van der Waals surface area contributed by atoms with E-state index in [2.05, 4.69) is 46.6 Å². The number of nitrogens with zero attached hydrogens (tertiary/aromatic N) is 5. The highest BCUT2D eigenvalue weighted by Gasteiger charge is 2.35. The van der Waals surface area contributed by atoms with Gasteiger partial charge in [0, 0.05) is 62.3 Å². The summed E-state index contributed by atoms with van der Waals surface area (Å²) in [5, 5.41) is 11.2. The summed E-state index contributed by atoms with van der Waals surface area (Å²) in [6.07, 6.45) is 6.69. The summed E-state index contributed by atoms with van der Waals surface area (Å²) in [4.78, 5) is 48.7. The highest BCUT2D eigenvalue weighted by molar-refractivity contribution is 5.91. The number of urea groups is 1. The summed E-state index contributed by atoms with van der Waals surface area (Å²) in [7, 11) is 4.19. The lowest BCUT2D eigenvalue weighted by atomic mass is 9.91. The molecule has 6 rings (SSSR count). The van der Waals surface area contributed by atoms with Gasteiger partial charge in [-0.15, -0.1) is 0 Å². The highest BCUT2D eigenvalue weighted by atomic mass is 16.2. The zero-order chi connectivity index (χ0) is 29.9. The van der Waals surface area contributed by atoms with Crippen LogP contribution in [0.3, 0.4) is 0 Å². The van der Waals surface area contributed by atoms with Crippen LogP contribution in [0.1, 0.15) is 43.2 Å². The number of carbonyl (C=O) groups is 3. The first kappa shape index (κ1) is 29.2. The van der Waals surface area contributed by atoms with Crippen LogP contribution in [0, 0.1) is 5.92 Å². The largest absolute Gasteiger partial charge is 0.343 e. The van der Waals surface area contributed by atoms with Gasteiger partial charge in [-0.3, -0.25) is 14.7 Å². The molecule has 4 amide bonds. The lowest BCUT2D eigenvalue weighted by Gasteiger charge is -2.39. The van der Waals surface area contributed by atoms with E-state index in [1.807, 2.05) is 45.0 Å². The first-order valence-electron chi connectivity index (χ1n) is 15.7. The minimum atomic E-state index is -0.416. The first-order valence-corrected chi connectivity index (χ1v) is 15.7. The molecule has 4 heterocycles. The number of H-pyrrole nitrogens is 1. The monoisotopic (exact) mass is 585 g/mol. The van der Waals surface area contributed by atoms with Crippen LogP contribution < -0.4 is 5.32 Å². The van der Waals surface area contributed by atoms with E-state index in [1.54, 1.807) is 6.20 Å². The van der Waals surface area contributed by atoms with Gasteiger partial charge in [0.05, 0.1) is 17.6 Å². The number of carbonyl (C=O) groups excluding carboxylic acids is 3. The number of rotatable bonds is 7. The fraction of sp³-hybridized carbons (Fsp3) is 0.515. The van der Waals surface area contributed by atoms with Crippen LogP contribution in [0.25, 0.3) is 10.9 Å². The van der Waals surface area contributed by atoms with Crippen LogP contribution in [0.4, 0.5) is 10.5 Å². The summed E-state index contributed by atoms with van der Waals surface area (Å²) >= 11 is 0. The van der Waals surface area contributed by atoms with E-state index in [1.165, 1.54) is 0 Å². The lowest BCUT2D eigenvalue weighted by molar-refractivity contribution is -0.143.